The molecule has 0 radical (unpaired) electrons. The van der Waals surface area contributed by atoms with Gasteiger partial charge in [0.25, 0.3) is 5.82 Å². The van der Waals surface area contributed by atoms with Crippen molar-refractivity contribution < 1.29 is 4.57 Å². The van der Waals surface area contributed by atoms with E-state index >= 15 is 0 Å². The quantitative estimate of drug-likeness (QED) is 0.0930. The molecule has 2 nitrogen and oxygen atoms in total. The van der Waals surface area contributed by atoms with Gasteiger partial charge in [0, 0.05) is 6.42 Å². The van der Waals surface area contributed by atoms with E-state index < -0.39 is 0 Å². The molecule has 0 atom stereocenters. The van der Waals surface area contributed by atoms with E-state index in [0.717, 1.165) is 0 Å². The maximum absolute atomic E-state index is 2.60. The molecule has 1 heterocycles. The SMILES string of the molecule is CCCCCCCCCCCCCc1n(CCCCCCCCCC)cc[n+]1CCCCCC. The first kappa shape index (κ1) is 31.2. The first-order valence-corrected chi connectivity index (χ1v) is 15.9. The summed E-state index contributed by atoms with van der Waals surface area (Å²) >= 11 is 0. The Balaban J connectivity index is 2.29. The predicted octanol–water partition coefficient (Wildman–Crippen LogP) is 10.4. The molecule has 0 saturated carbocycles. The molecule has 0 aromatic carbocycles. The number of aryl methyl sites for hydroxylation is 2. The normalized spacial score (nSPS) is 11.5. The molecule has 0 unspecified atom stereocenters. The van der Waals surface area contributed by atoms with Crippen molar-refractivity contribution in [3.05, 3.63) is 18.2 Å². The zero-order chi connectivity index (χ0) is 24.5. The summed E-state index contributed by atoms with van der Waals surface area (Å²) in [5.41, 5.74) is 0. The number of unbranched alkanes of at least 4 members (excludes halogenated alkanes) is 20. The summed E-state index contributed by atoms with van der Waals surface area (Å²) < 4.78 is 5.20. The maximum Gasteiger partial charge on any atom is 0.256 e. The molecular formula is C32H63N2+. The Morgan fingerprint density at radius 1 is 0.500 bits per heavy atom. The highest BCUT2D eigenvalue weighted by atomic mass is 15.1. The molecule has 1 rings (SSSR count). The van der Waals surface area contributed by atoms with Crippen molar-refractivity contribution in [2.24, 2.45) is 0 Å². The number of imidazole rings is 1. The smallest absolute Gasteiger partial charge is 0.234 e. The molecule has 0 N–H and O–H groups in total. The summed E-state index contributed by atoms with van der Waals surface area (Å²) in [7, 11) is 0. The molecule has 0 saturated heterocycles. The second kappa shape index (κ2) is 23.9. The summed E-state index contributed by atoms with van der Waals surface area (Å²) in [5, 5.41) is 0. The molecule has 34 heavy (non-hydrogen) atoms. The minimum atomic E-state index is 1.22. The van der Waals surface area contributed by atoms with Crippen LogP contribution in [0, 0.1) is 0 Å². The van der Waals surface area contributed by atoms with Gasteiger partial charge in [-0.05, 0) is 32.1 Å². The van der Waals surface area contributed by atoms with E-state index in [4.69, 9.17) is 0 Å². The average molecular weight is 476 g/mol. The number of hydrogen-bond acceptors (Lipinski definition) is 0. The summed E-state index contributed by atoms with van der Waals surface area (Å²) in [6, 6.07) is 0. The average Bonchev–Trinajstić information content (AvgIpc) is 3.23. The van der Waals surface area contributed by atoms with Crippen LogP contribution in [0.15, 0.2) is 12.4 Å². The van der Waals surface area contributed by atoms with Gasteiger partial charge in [0.05, 0.1) is 13.1 Å². The predicted molar refractivity (Wildman–Crippen MR) is 152 cm³/mol. The van der Waals surface area contributed by atoms with Crippen molar-refractivity contribution in [2.75, 3.05) is 0 Å². The van der Waals surface area contributed by atoms with Gasteiger partial charge in [-0.2, -0.15) is 0 Å². The second-order valence-electron chi connectivity index (χ2n) is 10.9. The van der Waals surface area contributed by atoms with Gasteiger partial charge in [0.2, 0.25) is 0 Å². The number of aromatic nitrogens is 2. The zero-order valence-electron chi connectivity index (χ0n) is 23.9. The fraction of sp³-hybridized carbons (Fsp3) is 0.906. The lowest BCUT2D eigenvalue weighted by molar-refractivity contribution is -0.704. The molecule has 2 heteroatoms. The molecular weight excluding hydrogens is 412 g/mol. The fourth-order valence-corrected chi connectivity index (χ4v) is 5.26. The van der Waals surface area contributed by atoms with E-state index in [9.17, 15) is 0 Å². The van der Waals surface area contributed by atoms with E-state index in [1.807, 2.05) is 0 Å². The largest absolute Gasteiger partial charge is 0.256 e. The van der Waals surface area contributed by atoms with E-state index in [2.05, 4.69) is 42.3 Å². The van der Waals surface area contributed by atoms with Crippen LogP contribution in [-0.2, 0) is 19.5 Å². The summed E-state index contributed by atoms with van der Waals surface area (Å²) in [4.78, 5) is 0. The monoisotopic (exact) mass is 475 g/mol. The minimum Gasteiger partial charge on any atom is -0.234 e. The molecule has 0 aliphatic heterocycles. The minimum absolute atomic E-state index is 1.22. The first-order valence-electron chi connectivity index (χ1n) is 15.9. The van der Waals surface area contributed by atoms with E-state index in [-0.39, 0.29) is 0 Å². The van der Waals surface area contributed by atoms with Crippen molar-refractivity contribution in [2.45, 2.75) is 188 Å². The topological polar surface area (TPSA) is 8.81 Å². The molecule has 1 aromatic heterocycles. The molecule has 0 bridgehead atoms. The fourth-order valence-electron chi connectivity index (χ4n) is 5.26. The molecule has 0 aliphatic carbocycles. The van der Waals surface area contributed by atoms with Crippen LogP contribution in [0.2, 0.25) is 0 Å². The van der Waals surface area contributed by atoms with Crippen LogP contribution >= 0.6 is 0 Å². The molecule has 1 aromatic rings. The van der Waals surface area contributed by atoms with Gasteiger partial charge < -0.3 is 0 Å². The van der Waals surface area contributed by atoms with Gasteiger partial charge in [0.15, 0.2) is 0 Å². The lowest BCUT2D eigenvalue weighted by atomic mass is 10.1. The summed E-state index contributed by atoms with van der Waals surface area (Å²) in [5.74, 6) is 1.61. The lowest BCUT2D eigenvalue weighted by Gasteiger charge is -2.07. The Hall–Kier alpha value is -0.790. The van der Waals surface area contributed by atoms with Crippen LogP contribution in [0.25, 0.3) is 0 Å². The van der Waals surface area contributed by atoms with Crippen molar-refractivity contribution >= 4 is 0 Å². The van der Waals surface area contributed by atoms with Gasteiger partial charge in [-0.25, -0.2) is 9.13 Å². The number of rotatable bonds is 26. The van der Waals surface area contributed by atoms with Crippen LogP contribution in [-0.4, -0.2) is 4.57 Å². The van der Waals surface area contributed by atoms with Gasteiger partial charge >= 0.3 is 0 Å². The standard InChI is InChI=1S/C32H63N2/c1-4-7-10-13-15-17-18-19-20-22-24-27-32-33(28-25-12-9-6-3)30-31-34(32)29-26-23-21-16-14-11-8-5-2/h30-31H,4-29H2,1-3H3/q+1. The molecule has 0 spiro atoms. The Labute approximate surface area is 215 Å². The van der Waals surface area contributed by atoms with Gasteiger partial charge in [-0.15, -0.1) is 0 Å². The van der Waals surface area contributed by atoms with Crippen molar-refractivity contribution in [3.63, 3.8) is 0 Å². The summed E-state index contributed by atoms with van der Waals surface area (Å²) in [6.07, 6.45) is 38.5. The highest BCUT2D eigenvalue weighted by Gasteiger charge is 2.16. The third kappa shape index (κ3) is 16.8. The first-order chi connectivity index (χ1) is 16.8. The van der Waals surface area contributed by atoms with Crippen LogP contribution in [0.5, 0.6) is 0 Å². The third-order valence-corrected chi connectivity index (χ3v) is 7.60. The van der Waals surface area contributed by atoms with Gasteiger partial charge in [-0.1, -0.05) is 136 Å². The zero-order valence-corrected chi connectivity index (χ0v) is 23.9. The molecule has 0 amide bonds. The molecule has 200 valence electrons. The highest BCUT2D eigenvalue weighted by Crippen LogP contribution is 2.14. The van der Waals surface area contributed by atoms with Crippen LogP contribution in [0.3, 0.4) is 0 Å². The van der Waals surface area contributed by atoms with Crippen LogP contribution in [0.4, 0.5) is 0 Å². The van der Waals surface area contributed by atoms with E-state index in [1.165, 1.54) is 167 Å². The van der Waals surface area contributed by atoms with Gasteiger partial charge in [0.1, 0.15) is 12.4 Å². The second-order valence-corrected chi connectivity index (χ2v) is 10.9. The number of nitrogens with zero attached hydrogens (tertiary/aromatic N) is 2. The van der Waals surface area contributed by atoms with E-state index in [1.54, 1.807) is 5.82 Å². The maximum atomic E-state index is 2.60. The van der Waals surface area contributed by atoms with Crippen molar-refractivity contribution in [1.82, 2.24) is 4.57 Å². The Bertz CT molecular complexity index is 533. The summed E-state index contributed by atoms with van der Waals surface area (Å²) in [6.45, 7) is 9.37. The Morgan fingerprint density at radius 2 is 0.912 bits per heavy atom. The van der Waals surface area contributed by atoms with Crippen molar-refractivity contribution in [1.29, 1.82) is 0 Å². The molecule has 0 aliphatic rings. The third-order valence-electron chi connectivity index (χ3n) is 7.60. The van der Waals surface area contributed by atoms with Gasteiger partial charge in [-0.3, -0.25) is 0 Å². The number of hydrogen-bond donors (Lipinski definition) is 0. The van der Waals surface area contributed by atoms with Crippen LogP contribution in [0.1, 0.15) is 174 Å². The Morgan fingerprint density at radius 3 is 1.41 bits per heavy atom. The van der Waals surface area contributed by atoms with Crippen LogP contribution < -0.4 is 4.57 Å². The molecule has 0 fully saturated rings. The van der Waals surface area contributed by atoms with Crippen molar-refractivity contribution in [3.8, 4) is 0 Å². The highest BCUT2D eigenvalue weighted by molar-refractivity contribution is 4.84. The lowest BCUT2D eigenvalue weighted by Crippen LogP contribution is -2.37. The Kier molecular flexibility index (Phi) is 22.0. The van der Waals surface area contributed by atoms with E-state index in [0.29, 0.717) is 0 Å².